The largest absolute Gasteiger partial charge is 0.387 e. The van der Waals surface area contributed by atoms with E-state index in [9.17, 15) is 4.79 Å². The molecule has 0 saturated carbocycles. The zero-order valence-corrected chi connectivity index (χ0v) is 10.5. The van der Waals surface area contributed by atoms with E-state index >= 15 is 0 Å². The number of aromatic nitrogens is 3. The highest BCUT2D eigenvalue weighted by molar-refractivity contribution is 7.80. The van der Waals surface area contributed by atoms with Crippen LogP contribution in [0.3, 0.4) is 0 Å². The van der Waals surface area contributed by atoms with Gasteiger partial charge in [-0.1, -0.05) is 12.2 Å². The first kappa shape index (κ1) is 13.5. The number of methoxy groups -OCH3 is 1. The molecule has 1 atom stereocenters. The Bertz CT molecular complexity index is 406. The van der Waals surface area contributed by atoms with Crippen LogP contribution in [0.4, 0.5) is 0 Å². The predicted molar refractivity (Wildman–Crippen MR) is 65.4 cm³/mol. The molecule has 0 aliphatic carbocycles. The molecule has 0 saturated heterocycles. The lowest BCUT2D eigenvalue weighted by molar-refractivity contribution is -0.122. The molecule has 0 fully saturated rings. The number of carbonyl (C=O) groups excluding carboxylic acids is 1. The number of hydrogen-bond donors (Lipinski definition) is 2. The third-order valence-corrected chi connectivity index (χ3v) is 2.07. The fourth-order valence-corrected chi connectivity index (χ4v) is 1.34. The van der Waals surface area contributed by atoms with Gasteiger partial charge in [0.1, 0.15) is 17.9 Å². The van der Waals surface area contributed by atoms with Crippen LogP contribution in [0.15, 0.2) is 6.33 Å². The summed E-state index contributed by atoms with van der Waals surface area (Å²) in [5, 5.41) is 6.70. The number of nitrogens with zero attached hydrogens (tertiary/aromatic N) is 3. The van der Waals surface area contributed by atoms with Crippen LogP contribution in [0.25, 0.3) is 0 Å². The maximum Gasteiger partial charge on any atom is 0.242 e. The lowest BCUT2D eigenvalue weighted by Crippen LogP contribution is -2.37. The molecule has 8 heteroatoms. The number of carbonyl (C=O) groups is 1. The third-order valence-electron chi connectivity index (χ3n) is 1.89. The number of nitrogens with two attached hydrogens (primary N) is 1. The van der Waals surface area contributed by atoms with Gasteiger partial charge in [0, 0.05) is 13.2 Å². The maximum absolute atomic E-state index is 11.6. The molecule has 0 spiro atoms. The van der Waals surface area contributed by atoms with E-state index in [0.717, 1.165) is 0 Å². The van der Waals surface area contributed by atoms with Gasteiger partial charge in [-0.3, -0.25) is 4.79 Å². The van der Waals surface area contributed by atoms with Gasteiger partial charge in [-0.05, 0) is 6.92 Å². The van der Waals surface area contributed by atoms with Gasteiger partial charge < -0.3 is 15.8 Å². The standard InChI is InChI=1S/C9H15N5O2S/c1-6(4-16-2)12-7(15)3-14-5-11-9(13-14)8(10)17/h5-6H,3-4H2,1-2H3,(H2,10,17)(H,12,15). The molecule has 94 valence electrons. The van der Waals surface area contributed by atoms with Crippen LogP contribution in [0, 0.1) is 0 Å². The van der Waals surface area contributed by atoms with Gasteiger partial charge in [0.2, 0.25) is 11.7 Å². The van der Waals surface area contributed by atoms with E-state index in [0.29, 0.717) is 6.61 Å². The zero-order valence-electron chi connectivity index (χ0n) is 9.71. The summed E-state index contributed by atoms with van der Waals surface area (Å²) in [6.45, 7) is 2.38. The summed E-state index contributed by atoms with van der Waals surface area (Å²) in [5.41, 5.74) is 5.35. The molecule has 0 radical (unpaired) electrons. The first-order valence-corrected chi connectivity index (χ1v) is 5.41. The number of rotatable bonds is 6. The highest BCUT2D eigenvalue weighted by atomic mass is 32.1. The number of nitrogens with one attached hydrogen (secondary N) is 1. The Morgan fingerprint density at radius 1 is 1.76 bits per heavy atom. The second-order valence-corrected chi connectivity index (χ2v) is 3.99. The van der Waals surface area contributed by atoms with E-state index in [2.05, 4.69) is 15.4 Å². The maximum atomic E-state index is 11.6. The molecule has 7 nitrogen and oxygen atoms in total. The van der Waals surface area contributed by atoms with Crippen molar-refractivity contribution in [3.8, 4) is 0 Å². The van der Waals surface area contributed by atoms with Crippen molar-refractivity contribution < 1.29 is 9.53 Å². The number of thiocarbonyl (C=S) groups is 1. The van der Waals surface area contributed by atoms with Crippen molar-refractivity contribution in [3.05, 3.63) is 12.2 Å². The van der Waals surface area contributed by atoms with Crippen LogP contribution in [0.1, 0.15) is 12.7 Å². The van der Waals surface area contributed by atoms with Crippen molar-refractivity contribution in [2.75, 3.05) is 13.7 Å². The smallest absolute Gasteiger partial charge is 0.242 e. The zero-order chi connectivity index (χ0) is 12.8. The molecule has 1 unspecified atom stereocenters. The van der Waals surface area contributed by atoms with Gasteiger partial charge in [-0.2, -0.15) is 0 Å². The minimum atomic E-state index is -0.172. The summed E-state index contributed by atoms with van der Waals surface area (Å²) >= 11 is 4.72. The van der Waals surface area contributed by atoms with E-state index in [1.54, 1.807) is 7.11 Å². The Kier molecular flexibility index (Phi) is 4.98. The van der Waals surface area contributed by atoms with E-state index < -0.39 is 0 Å². The first-order chi connectivity index (χ1) is 8.02. The molecule has 1 amide bonds. The van der Waals surface area contributed by atoms with E-state index in [4.69, 9.17) is 22.7 Å². The summed E-state index contributed by atoms with van der Waals surface area (Å²) in [4.78, 5) is 15.5. The van der Waals surface area contributed by atoms with Crippen molar-refractivity contribution >= 4 is 23.1 Å². The Labute approximate surface area is 104 Å². The van der Waals surface area contributed by atoms with E-state index in [1.165, 1.54) is 11.0 Å². The quantitative estimate of drug-likeness (QED) is 0.639. The summed E-state index contributed by atoms with van der Waals surface area (Å²) < 4.78 is 6.29. The fraction of sp³-hybridized carbons (Fsp3) is 0.556. The molecule has 0 aliphatic heterocycles. The molecule has 3 N–H and O–H groups in total. The molecule has 17 heavy (non-hydrogen) atoms. The van der Waals surface area contributed by atoms with E-state index in [-0.39, 0.29) is 29.3 Å². The van der Waals surface area contributed by atoms with Crippen LogP contribution < -0.4 is 11.1 Å². The van der Waals surface area contributed by atoms with Gasteiger partial charge in [-0.15, -0.1) is 5.10 Å². The average molecular weight is 257 g/mol. The van der Waals surface area contributed by atoms with Crippen LogP contribution in [0.5, 0.6) is 0 Å². The average Bonchev–Trinajstić information content (AvgIpc) is 2.66. The van der Waals surface area contributed by atoms with Gasteiger partial charge in [0.25, 0.3) is 0 Å². The summed E-state index contributed by atoms with van der Waals surface area (Å²) in [7, 11) is 1.58. The normalized spacial score (nSPS) is 12.1. The topological polar surface area (TPSA) is 95.1 Å². The molecule has 0 aliphatic rings. The van der Waals surface area contributed by atoms with E-state index in [1.807, 2.05) is 6.92 Å². The van der Waals surface area contributed by atoms with Crippen LogP contribution in [-0.4, -0.2) is 45.4 Å². The third kappa shape index (κ3) is 4.45. The second kappa shape index (κ2) is 6.26. The molecule has 1 heterocycles. The molecule has 1 rings (SSSR count). The van der Waals surface area contributed by atoms with Crippen LogP contribution in [-0.2, 0) is 16.1 Å². The molecule has 0 bridgehead atoms. The molecule has 1 aromatic heterocycles. The molecular weight excluding hydrogens is 242 g/mol. The van der Waals surface area contributed by atoms with Crippen molar-refractivity contribution in [2.24, 2.45) is 5.73 Å². The second-order valence-electron chi connectivity index (χ2n) is 3.55. The lowest BCUT2D eigenvalue weighted by Gasteiger charge is -2.12. The van der Waals surface area contributed by atoms with Crippen molar-refractivity contribution in [1.82, 2.24) is 20.1 Å². The molecule has 0 aromatic carbocycles. The highest BCUT2D eigenvalue weighted by Crippen LogP contribution is 1.91. The first-order valence-electron chi connectivity index (χ1n) is 5.00. The Morgan fingerprint density at radius 2 is 2.47 bits per heavy atom. The van der Waals surface area contributed by atoms with Crippen molar-refractivity contribution in [2.45, 2.75) is 19.5 Å². The minimum Gasteiger partial charge on any atom is -0.387 e. The Balaban J connectivity index is 2.47. The van der Waals surface area contributed by atoms with Crippen LogP contribution >= 0.6 is 12.2 Å². The van der Waals surface area contributed by atoms with Gasteiger partial charge in [0.15, 0.2) is 0 Å². The molecular formula is C9H15N5O2S. The van der Waals surface area contributed by atoms with Gasteiger partial charge >= 0.3 is 0 Å². The number of hydrogen-bond acceptors (Lipinski definition) is 5. The van der Waals surface area contributed by atoms with Crippen molar-refractivity contribution in [3.63, 3.8) is 0 Å². The Morgan fingerprint density at radius 3 is 3.00 bits per heavy atom. The van der Waals surface area contributed by atoms with Crippen LogP contribution in [0.2, 0.25) is 0 Å². The fourth-order valence-electron chi connectivity index (χ4n) is 1.24. The predicted octanol–water partition coefficient (Wildman–Crippen LogP) is -0.937. The van der Waals surface area contributed by atoms with Crippen molar-refractivity contribution in [1.29, 1.82) is 0 Å². The Hall–Kier alpha value is -1.54. The number of amides is 1. The van der Waals surface area contributed by atoms with Gasteiger partial charge in [-0.25, -0.2) is 9.67 Å². The summed E-state index contributed by atoms with van der Waals surface area (Å²) in [5.74, 6) is 0.0895. The highest BCUT2D eigenvalue weighted by Gasteiger charge is 2.09. The van der Waals surface area contributed by atoms with Gasteiger partial charge in [0.05, 0.1) is 6.61 Å². The monoisotopic (exact) mass is 257 g/mol. The number of ether oxygens (including phenoxy) is 1. The minimum absolute atomic E-state index is 0.0499. The lowest BCUT2D eigenvalue weighted by atomic mass is 10.3. The summed E-state index contributed by atoms with van der Waals surface area (Å²) in [6, 6.07) is -0.0499. The molecule has 1 aromatic rings. The summed E-state index contributed by atoms with van der Waals surface area (Å²) in [6.07, 6.45) is 1.41. The SMILES string of the molecule is COCC(C)NC(=O)Cn1cnc(C(N)=S)n1.